The molecule has 0 radical (unpaired) electrons. The van der Waals surface area contributed by atoms with Crippen molar-refractivity contribution >= 4 is 5.97 Å². The fourth-order valence-electron chi connectivity index (χ4n) is 0.810. The van der Waals surface area contributed by atoms with E-state index in [0.29, 0.717) is 6.42 Å². The molecule has 0 amide bonds. The van der Waals surface area contributed by atoms with E-state index in [0.717, 1.165) is 19.4 Å². The van der Waals surface area contributed by atoms with Gasteiger partial charge in [-0.15, -0.1) is 0 Å². The summed E-state index contributed by atoms with van der Waals surface area (Å²) in [7, 11) is 1.35. The third kappa shape index (κ3) is 6.39. The van der Waals surface area contributed by atoms with Gasteiger partial charge in [0.05, 0.1) is 13.7 Å². The molecule has 0 fully saturated rings. The summed E-state index contributed by atoms with van der Waals surface area (Å²) in [5.41, 5.74) is 9.16. The monoisotopic (exact) mass is 196 g/mol. The van der Waals surface area contributed by atoms with Gasteiger partial charge in [0.2, 0.25) is 0 Å². The lowest BCUT2D eigenvalue weighted by Crippen LogP contribution is -3.00. The van der Waals surface area contributed by atoms with Crippen LogP contribution in [0.2, 0.25) is 0 Å². The van der Waals surface area contributed by atoms with Gasteiger partial charge in [-0.3, -0.25) is 4.79 Å². The first kappa shape index (κ1) is 14.2. The molecule has 74 valence electrons. The molecule has 12 heavy (non-hydrogen) atoms. The Balaban J connectivity index is 0. The maximum Gasteiger partial charge on any atom is 0.322 e. The highest BCUT2D eigenvalue weighted by Crippen LogP contribution is 1.98. The van der Waals surface area contributed by atoms with Crippen LogP contribution in [0.25, 0.3) is 0 Å². The van der Waals surface area contributed by atoms with E-state index in [9.17, 15) is 4.79 Å². The van der Waals surface area contributed by atoms with E-state index >= 15 is 0 Å². The molecule has 1 atom stereocenters. The molecular weight excluding hydrogens is 180 g/mol. The predicted octanol–water partition coefficient (Wildman–Crippen LogP) is -4.10. The lowest BCUT2D eigenvalue weighted by Gasteiger charge is -2.06. The summed E-state index contributed by atoms with van der Waals surface area (Å²) < 4.78 is 4.46. The van der Waals surface area contributed by atoms with Crippen LogP contribution in [0, 0.1) is 0 Å². The van der Waals surface area contributed by atoms with Crippen molar-refractivity contribution in [3.8, 4) is 0 Å². The number of carbonyl (C=O) groups excluding carboxylic acids is 1. The van der Waals surface area contributed by atoms with Crippen LogP contribution < -0.4 is 23.9 Å². The number of methoxy groups -OCH3 is 1. The molecule has 0 aliphatic carbocycles. The Bertz CT molecular complexity index is 122. The Kier molecular flexibility index (Phi) is 10.4. The molecule has 0 aromatic heterocycles. The smallest absolute Gasteiger partial charge is 0.322 e. The zero-order valence-corrected chi connectivity index (χ0v) is 8.14. The van der Waals surface area contributed by atoms with Crippen molar-refractivity contribution in [3.63, 3.8) is 0 Å². The highest BCUT2D eigenvalue weighted by atomic mass is 35.5. The Morgan fingerprint density at radius 2 is 2.17 bits per heavy atom. The van der Waals surface area contributed by atoms with E-state index in [1.54, 1.807) is 0 Å². The van der Waals surface area contributed by atoms with Gasteiger partial charge >= 0.3 is 5.97 Å². The Morgan fingerprint density at radius 3 is 2.58 bits per heavy atom. The van der Waals surface area contributed by atoms with E-state index in [2.05, 4.69) is 10.5 Å². The Labute approximate surface area is 79.0 Å². The summed E-state index contributed by atoms with van der Waals surface area (Å²) in [5, 5.41) is 0. The first-order valence-corrected chi connectivity index (χ1v) is 3.85. The Morgan fingerprint density at radius 1 is 1.58 bits per heavy atom. The van der Waals surface area contributed by atoms with E-state index < -0.39 is 6.04 Å². The SMILES string of the molecule is COC(=O)[C@@H](N)CCCC[NH3+].[Cl-]. The molecule has 0 aromatic carbocycles. The molecule has 5 heteroatoms. The first-order chi connectivity index (χ1) is 5.22. The van der Waals surface area contributed by atoms with Gasteiger partial charge < -0.3 is 28.6 Å². The number of nitrogens with two attached hydrogens (primary N) is 1. The quantitative estimate of drug-likeness (QED) is 0.347. The van der Waals surface area contributed by atoms with Crippen LogP contribution in [0.15, 0.2) is 0 Å². The number of quaternary nitrogens is 1. The topological polar surface area (TPSA) is 80.0 Å². The Hall–Kier alpha value is -0.320. The van der Waals surface area contributed by atoms with Gasteiger partial charge in [0.25, 0.3) is 0 Å². The van der Waals surface area contributed by atoms with Crippen LogP contribution in [-0.4, -0.2) is 25.7 Å². The maximum atomic E-state index is 10.7. The lowest BCUT2D eigenvalue weighted by molar-refractivity contribution is -0.368. The summed E-state index contributed by atoms with van der Waals surface area (Å²) in [6, 6.07) is -0.452. The van der Waals surface area contributed by atoms with Gasteiger partial charge in [-0.2, -0.15) is 0 Å². The van der Waals surface area contributed by atoms with Crippen LogP contribution in [0.1, 0.15) is 19.3 Å². The van der Waals surface area contributed by atoms with E-state index in [4.69, 9.17) is 5.73 Å². The first-order valence-electron chi connectivity index (χ1n) is 3.85. The third-order valence-electron chi connectivity index (χ3n) is 1.52. The summed E-state index contributed by atoms with van der Waals surface area (Å²) in [5.74, 6) is -0.325. The number of hydrogen-bond donors (Lipinski definition) is 2. The minimum absolute atomic E-state index is 0. The molecule has 0 spiro atoms. The van der Waals surface area contributed by atoms with Crippen LogP contribution in [0.3, 0.4) is 0 Å². The van der Waals surface area contributed by atoms with Crippen molar-refractivity contribution in [2.24, 2.45) is 5.73 Å². The molecule has 0 aliphatic rings. The summed E-state index contributed by atoms with van der Waals surface area (Å²) in [4.78, 5) is 10.7. The van der Waals surface area contributed by atoms with Gasteiger partial charge in [0.15, 0.2) is 0 Å². The molecule has 0 bridgehead atoms. The zero-order valence-electron chi connectivity index (χ0n) is 7.38. The lowest BCUT2D eigenvalue weighted by atomic mass is 10.1. The number of rotatable bonds is 5. The van der Waals surface area contributed by atoms with Gasteiger partial charge in [0, 0.05) is 0 Å². The third-order valence-corrected chi connectivity index (χ3v) is 1.52. The summed E-state index contributed by atoms with van der Waals surface area (Å²) in [6.45, 7) is 0.897. The second-order valence-electron chi connectivity index (χ2n) is 2.48. The molecule has 0 heterocycles. The number of ether oxygens (including phenoxy) is 1. The van der Waals surface area contributed by atoms with Gasteiger partial charge in [-0.1, -0.05) is 0 Å². The molecule has 5 N–H and O–H groups in total. The van der Waals surface area contributed by atoms with E-state index in [-0.39, 0.29) is 18.4 Å². The van der Waals surface area contributed by atoms with Crippen molar-refractivity contribution in [3.05, 3.63) is 0 Å². The van der Waals surface area contributed by atoms with Crippen molar-refractivity contribution in [1.82, 2.24) is 0 Å². The average Bonchev–Trinajstić information content (AvgIpc) is 2.03. The van der Waals surface area contributed by atoms with Crippen LogP contribution in [-0.2, 0) is 9.53 Å². The minimum atomic E-state index is -0.452. The second kappa shape index (κ2) is 8.77. The van der Waals surface area contributed by atoms with Gasteiger partial charge in [-0.05, 0) is 19.3 Å². The number of unbranched alkanes of at least 4 members (excludes halogenated alkanes) is 1. The van der Waals surface area contributed by atoms with E-state index in [1.807, 2.05) is 0 Å². The molecular formula is C7H17ClN2O2. The normalized spacial score (nSPS) is 11.6. The van der Waals surface area contributed by atoms with Crippen molar-refractivity contribution in [1.29, 1.82) is 0 Å². The highest BCUT2D eigenvalue weighted by molar-refractivity contribution is 5.75. The van der Waals surface area contributed by atoms with Crippen molar-refractivity contribution < 1.29 is 27.7 Å². The maximum absolute atomic E-state index is 10.7. The van der Waals surface area contributed by atoms with Crippen LogP contribution in [0.5, 0.6) is 0 Å². The van der Waals surface area contributed by atoms with Crippen LogP contribution >= 0.6 is 0 Å². The summed E-state index contributed by atoms with van der Waals surface area (Å²) in [6.07, 6.45) is 2.66. The zero-order chi connectivity index (χ0) is 8.69. The van der Waals surface area contributed by atoms with Crippen molar-refractivity contribution in [2.75, 3.05) is 13.7 Å². The largest absolute Gasteiger partial charge is 1.00 e. The number of esters is 1. The van der Waals surface area contributed by atoms with Gasteiger partial charge in [-0.25, -0.2) is 0 Å². The molecule has 0 rings (SSSR count). The molecule has 0 aliphatic heterocycles. The number of hydrogen-bond acceptors (Lipinski definition) is 3. The minimum Gasteiger partial charge on any atom is -1.00 e. The predicted molar refractivity (Wildman–Crippen MR) is 41.6 cm³/mol. The second-order valence-corrected chi connectivity index (χ2v) is 2.48. The molecule has 0 aromatic rings. The highest BCUT2D eigenvalue weighted by Gasteiger charge is 2.11. The molecule has 0 saturated carbocycles. The number of carbonyl (C=O) groups is 1. The number of halogens is 1. The van der Waals surface area contributed by atoms with E-state index in [1.165, 1.54) is 7.11 Å². The molecule has 0 saturated heterocycles. The molecule has 0 unspecified atom stereocenters. The average molecular weight is 197 g/mol. The molecule has 4 nitrogen and oxygen atoms in total. The fourth-order valence-corrected chi connectivity index (χ4v) is 0.810. The standard InChI is InChI=1S/C7H16N2O2.ClH/c1-11-7(10)6(9)4-2-3-5-8;/h6H,2-5,8-9H2,1H3;1H/t6-;/m0./s1. The van der Waals surface area contributed by atoms with Crippen LogP contribution in [0.4, 0.5) is 0 Å². The summed E-state index contributed by atoms with van der Waals surface area (Å²) >= 11 is 0. The van der Waals surface area contributed by atoms with Crippen molar-refractivity contribution in [2.45, 2.75) is 25.3 Å². The fraction of sp³-hybridized carbons (Fsp3) is 0.857. The van der Waals surface area contributed by atoms with Gasteiger partial charge in [0.1, 0.15) is 6.04 Å².